The van der Waals surface area contributed by atoms with Crippen LogP contribution in [-0.2, 0) is 6.54 Å². The molecule has 0 unspecified atom stereocenters. The molecule has 0 saturated carbocycles. The van der Waals surface area contributed by atoms with Gasteiger partial charge < -0.3 is 5.32 Å². The van der Waals surface area contributed by atoms with E-state index in [1.807, 2.05) is 4.68 Å². The molecule has 90 valence electrons. The van der Waals surface area contributed by atoms with Crippen molar-refractivity contribution >= 4 is 11.8 Å². The number of aromatic nitrogens is 3. The second-order valence-corrected chi connectivity index (χ2v) is 5.43. The van der Waals surface area contributed by atoms with Crippen molar-refractivity contribution in [1.82, 2.24) is 20.1 Å². The zero-order valence-corrected chi connectivity index (χ0v) is 10.8. The highest BCUT2D eigenvalue weighted by Crippen LogP contribution is 2.19. The summed E-state index contributed by atoms with van der Waals surface area (Å²) >= 11 is 2.06. The highest BCUT2D eigenvalue weighted by molar-refractivity contribution is 7.99. The lowest BCUT2D eigenvalue weighted by molar-refractivity contribution is 0.406. The minimum absolute atomic E-state index is 0.301. The van der Waals surface area contributed by atoms with E-state index in [0.717, 1.165) is 12.4 Å². The van der Waals surface area contributed by atoms with Crippen molar-refractivity contribution in [2.45, 2.75) is 45.3 Å². The summed E-state index contributed by atoms with van der Waals surface area (Å²) in [6.45, 7) is 5.17. The third-order valence-electron chi connectivity index (χ3n) is 3.04. The number of nitrogens with zero attached hydrogens (tertiary/aromatic N) is 3. The van der Waals surface area contributed by atoms with Crippen molar-refractivity contribution in [3.63, 3.8) is 0 Å². The van der Waals surface area contributed by atoms with Crippen molar-refractivity contribution in [1.29, 1.82) is 0 Å². The first kappa shape index (κ1) is 11.9. The summed E-state index contributed by atoms with van der Waals surface area (Å²) in [6, 6.07) is 0.953. The lowest BCUT2D eigenvalue weighted by atomic mass is 10.1. The van der Waals surface area contributed by atoms with Gasteiger partial charge >= 0.3 is 0 Å². The van der Waals surface area contributed by atoms with Crippen molar-refractivity contribution in [2.75, 3.05) is 11.5 Å². The summed E-state index contributed by atoms with van der Waals surface area (Å²) in [6.07, 6.45) is 4.19. The highest BCUT2D eigenvalue weighted by Gasteiger charge is 2.19. The Morgan fingerprint density at radius 1 is 1.56 bits per heavy atom. The summed E-state index contributed by atoms with van der Waals surface area (Å²) in [4.78, 5) is 4.34. The van der Waals surface area contributed by atoms with Crippen LogP contribution in [0, 0.1) is 0 Å². The van der Waals surface area contributed by atoms with Crippen LogP contribution in [0.2, 0.25) is 0 Å². The van der Waals surface area contributed by atoms with Gasteiger partial charge in [0, 0.05) is 12.6 Å². The number of aryl methyl sites for hydroxylation is 1. The standard InChI is InChI=1S/C11H20N4S/c1-3-15-11(12-8-13-15)9(2)14-10-4-6-16-7-5-10/h8-10,14H,3-7H2,1-2H3/t9-/m0/s1. The van der Waals surface area contributed by atoms with Gasteiger partial charge in [-0.15, -0.1) is 0 Å². The molecule has 1 atom stereocenters. The summed E-state index contributed by atoms with van der Waals surface area (Å²) in [5, 5.41) is 7.87. The minimum atomic E-state index is 0.301. The Labute approximate surface area is 101 Å². The number of nitrogens with one attached hydrogen (secondary N) is 1. The van der Waals surface area contributed by atoms with E-state index in [2.05, 4.69) is 41.0 Å². The van der Waals surface area contributed by atoms with Crippen molar-refractivity contribution in [2.24, 2.45) is 0 Å². The van der Waals surface area contributed by atoms with E-state index in [1.54, 1.807) is 6.33 Å². The lowest BCUT2D eigenvalue weighted by Gasteiger charge is -2.26. The predicted octanol–water partition coefficient (Wildman–Crippen LogP) is 1.84. The monoisotopic (exact) mass is 240 g/mol. The number of hydrogen-bond donors (Lipinski definition) is 1. The molecule has 2 rings (SSSR count). The molecule has 1 aliphatic rings. The van der Waals surface area contributed by atoms with Crippen LogP contribution in [0.4, 0.5) is 0 Å². The zero-order valence-electron chi connectivity index (χ0n) is 10.0. The van der Waals surface area contributed by atoms with Crippen molar-refractivity contribution in [3.8, 4) is 0 Å². The summed E-state index contributed by atoms with van der Waals surface area (Å²) in [5.74, 6) is 3.62. The van der Waals surface area contributed by atoms with E-state index in [1.165, 1.54) is 24.3 Å². The summed E-state index contributed by atoms with van der Waals surface area (Å²) in [7, 11) is 0. The largest absolute Gasteiger partial charge is 0.305 e. The van der Waals surface area contributed by atoms with E-state index in [-0.39, 0.29) is 0 Å². The summed E-state index contributed by atoms with van der Waals surface area (Å²) < 4.78 is 1.97. The van der Waals surface area contributed by atoms with Crippen molar-refractivity contribution < 1.29 is 0 Å². The molecular formula is C11H20N4S. The van der Waals surface area contributed by atoms with Crippen LogP contribution in [0.3, 0.4) is 0 Å². The predicted molar refractivity (Wildman–Crippen MR) is 67.6 cm³/mol. The zero-order chi connectivity index (χ0) is 11.4. The first-order chi connectivity index (χ1) is 7.81. The molecular weight excluding hydrogens is 220 g/mol. The average molecular weight is 240 g/mol. The molecule has 2 heterocycles. The maximum Gasteiger partial charge on any atom is 0.143 e. The molecule has 4 nitrogen and oxygen atoms in total. The van der Waals surface area contributed by atoms with E-state index in [4.69, 9.17) is 0 Å². The van der Waals surface area contributed by atoms with Gasteiger partial charge in [-0.05, 0) is 38.2 Å². The van der Waals surface area contributed by atoms with Crippen LogP contribution in [0.5, 0.6) is 0 Å². The second kappa shape index (κ2) is 5.68. The van der Waals surface area contributed by atoms with Gasteiger partial charge in [0.25, 0.3) is 0 Å². The molecule has 16 heavy (non-hydrogen) atoms. The number of hydrogen-bond acceptors (Lipinski definition) is 4. The van der Waals surface area contributed by atoms with E-state index in [0.29, 0.717) is 12.1 Å². The Morgan fingerprint density at radius 3 is 3.00 bits per heavy atom. The Kier molecular flexibility index (Phi) is 4.23. The van der Waals surface area contributed by atoms with Crippen LogP contribution in [0.15, 0.2) is 6.33 Å². The first-order valence-corrected chi connectivity index (χ1v) is 7.18. The maximum atomic E-state index is 4.34. The molecule has 1 aliphatic heterocycles. The SMILES string of the molecule is CCn1ncnc1[C@H](C)NC1CCSCC1. The van der Waals surface area contributed by atoms with Gasteiger partial charge in [-0.25, -0.2) is 9.67 Å². The highest BCUT2D eigenvalue weighted by atomic mass is 32.2. The van der Waals surface area contributed by atoms with Crippen LogP contribution in [-0.4, -0.2) is 32.3 Å². The van der Waals surface area contributed by atoms with Crippen LogP contribution < -0.4 is 5.32 Å². The average Bonchev–Trinajstić information content (AvgIpc) is 2.78. The normalized spacial score (nSPS) is 19.9. The molecule has 0 bridgehead atoms. The molecule has 5 heteroatoms. The fraction of sp³-hybridized carbons (Fsp3) is 0.818. The van der Waals surface area contributed by atoms with E-state index in [9.17, 15) is 0 Å². The third-order valence-corrected chi connectivity index (χ3v) is 4.09. The Hall–Kier alpha value is -0.550. The van der Waals surface area contributed by atoms with Gasteiger partial charge in [0.05, 0.1) is 6.04 Å². The number of rotatable bonds is 4. The molecule has 0 radical (unpaired) electrons. The molecule has 0 spiro atoms. The van der Waals surface area contributed by atoms with Crippen LogP contribution in [0.1, 0.15) is 38.6 Å². The molecule has 1 aromatic rings. The lowest BCUT2D eigenvalue weighted by Crippen LogP contribution is -2.35. The topological polar surface area (TPSA) is 42.7 Å². The van der Waals surface area contributed by atoms with Gasteiger partial charge in [-0.3, -0.25) is 0 Å². The van der Waals surface area contributed by atoms with Gasteiger partial charge in [-0.1, -0.05) is 0 Å². The van der Waals surface area contributed by atoms with Crippen molar-refractivity contribution in [3.05, 3.63) is 12.2 Å². The molecule has 0 amide bonds. The first-order valence-electron chi connectivity index (χ1n) is 6.02. The minimum Gasteiger partial charge on any atom is -0.305 e. The number of thioether (sulfide) groups is 1. The molecule has 0 aliphatic carbocycles. The van der Waals surface area contributed by atoms with Gasteiger partial charge in [0.2, 0.25) is 0 Å². The van der Waals surface area contributed by atoms with Gasteiger partial charge in [-0.2, -0.15) is 16.9 Å². The Bertz CT molecular complexity index is 320. The maximum absolute atomic E-state index is 4.34. The molecule has 1 aromatic heterocycles. The fourth-order valence-corrected chi connectivity index (χ4v) is 3.25. The third kappa shape index (κ3) is 2.77. The summed E-state index contributed by atoms with van der Waals surface area (Å²) in [5.41, 5.74) is 0. The van der Waals surface area contributed by atoms with E-state index >= 15 is 0 Å². The van der Waals surface area contributed by atoms with Crippen LogP contribution >= 0.6 is 11.8 Å². The quantitative estimate of drug-likeness (QED) is 0.872. The molecule has 1 fully saturated rings. The fourth-order valence-electron chi connectivity index (χ4n) is 2.14. The van der Waals surface area contributed by atoms with Crippen LogP contribution in [0.25, 0.3) is 0 Å². The Morgan fingerprint density at radius 2 is 2.31 bits per heavy atom. The van der Waals surface area contributed by atoms with Gasteiger partial charge in [0.15, 0.2) is 0 Å². The smallest absolute Gasteiger partial charge is 0.143 e. The second-order valence-electron chi connectivity index (χ2n) is 4.21. The van der Waals surface area contributed by atoms with Gasteiger partial charge in [0.1, 0.15) is 12.2 Å². The molecule has 1 saturated heterocycles. The molecule has 0 aromatic carbocycles. The Balaban J connectivity index is 1.93. The van der Waals surface area contributed by atoms with E-state index < -0.39 is 0 Å². The molecule has 1 N–H and O–H groups in total.